The molecule has 2 aromatic rings. The summed E-state index contributed by atoms with van der Waals surface area (Å²) in [5, 5.41) is 9.30. The fourth-order valence-corrected chi connectivity index (χ4v) is 3.04. The van der Waals surface area contributed by atoms with Crippen LogP contribution < -0.4 is 10.5 Å². The molecule has 3 rings (SSSR count). The Hall–Kier alpha value is -2.15. The van der Waals surface area contributed by atoms with Crippen LogP contribution in [0.25, 0.3) is 11.2 Å². The smallest absolute Gasteiger partial charge is 0.247 e. The van der Waals surface area contributed by atoms with Gasteiger partial charge in [0.15, 0.2) is 11.2 Å². The highest BCUT2D eigenvalue weighted by molar-refractivity contribution is 5.77. The Kier molecular flexibility index (Phi) is 5.30. The van der Waals surface area contributed by atoms with Crippen molar-refractivity contribution in [3.63, 3.8) is 0 Å². The molecule has 1 aliphatic carbocycles. The second kappa shape index (κ2) is 7.61. The molecule has 130 valence electrons. The van der Waals surface area contributed by atoms with Gasteiger partial charge in [-0.15, -0.1) is 0 Å². The summed E-state index contributed by atoms with van der Waals surface area (Å²) in [7, 11) is 0. The zero-order valence-corrected chi connectivity index (χ0v) is 14.1. The second-order valence-corrected chi connectivity index (χ2v) is 6.25. The van der Waals surface area contributed by atoms with Crippen molar-refractivity contribution in [3.8, 4) is 5.88 Å². The van der Waals surface area contributed by atoms with Gasteiger partial charge in [0.1, 0.15) is 0 Å². The maximum absolute atomic E-state index is 9.30. The fourth-order valence-electron chi connectivity index (χ4n) is 3.04. The molecule has 0 saturated carbocycles. The van der Waals surface area contributed by atoms with Crippen LogP contribution in [0.5, 0.6) is 5.88 Å². The van der Waals surface area contributed by atoms with E-state index in [4.69, 9.17) is 10.5 Å². The highest BCUT2D eigenvalue weighted by Gasteiger charge is 2.23. The molecule has 0 aromatic carbocycles. The molecular formula is C17H25N5O2. The molecule has 2 aromatic heterocycles. The summed E-state index contributed by atoms with van der Waals surface area (Å²) in [6.07, 6.45) is 11.2. The molecule has 24 heavy (non-hydrogen) atoms. The predicted molar refractivity (Wildman–Crippen MR) is 92.7 cm³/mol. The Labute approximate surface area is 141 Å². The van der Waals surface area contributed by atoms with Crippen molar-refractivity contribution in [1.29, 1.82) is 0 Å². The molecule has 0 aliphatic heterocycles. The zero-order valence-electron chi connectivity index (χ0n) is 14.1. The highest BCUT2D eigenvalue weighted by Crippen LogP contribution is 2.31. The Morgan fingerprint density at radius 1 is 1.29 bits per heavy atom. The number of allylic oxidation sites excluding steroid dienone is 1. The van der Waals surface area contributed by atoms with Crippen LogP contribution in [0, 0.1) is 5.92 Å². The number of nitrogens with two attached hydrogens (primary N) is 1. The largest absolute Gasteiger partial charge is 0.476 e. The lowest BCUT2D eigenvalue weighted by molar-refractivity contribution is 0.244. The van der Waals surface area contributed by atoms with Crippen molar-refractivity contribution in [2.24, 2.45) is 5.92 Å². The van der Waals surface area contributed by atoms with E-state index in [-0.39, 0.29) is 24.5 Å². The van der Waals surface area contributed by atoms with Gasteiger partial charge in [0, 0.05) is 12.5 Å². The predicted octanol–water partition coefficient (Wildman–Crippen LogP) is 2.48. The minimum absolute atomic E-state index is 0.124. The third-order valence-corrected chi connectivity index (χ3v) is 4.38. The van der Waals surface area contributed by atoms with E-state index in [2.05, 4.69) is 28.0 Å². The lowest BCUT2D eigenvalue weighted by Gasteiger charge is -2.13. The summed E-state index contributed by atoms with van der Waals surface area (Å²) in [5.41, 5.74) is 7.17. The van der Waals surface area contributed by atoms with E-state index < -0.39 is 0 Å². The Balaban J connectivity index is 1.78. The van der Waals surface area contributed by atoms with Crippen molar-refractivity contribution in [3.05, 3.63) is 18.5 Å². The van der Waals surface area contributed by atoms with E-state index in [0.717, 1.165) is 19.3 Å². The van der Waals surface area contributed by atoms with Gasteiger partial charge in [-0.2, -0.15) is 9.97 Å². The molecule has 3 N–H and O–H groups in total. The number of nitrogens with zero attached hydrogens (tertiary/aromatic N) is 4. The average Bonchev–Trinajstić information content (AvgIpc) is 3.20. The summed E-state index contributed by atoms with van der Waals surface area (Å²) in [6.45, 7) is 2.94. The number of aliphatic hydroxyl groups excluding tert-OH is 1. The molecule has 7 nitrogen and oxygen atoms in total. The molecule has 2 atom stereocenters. The van der Waals surface area contributed by atoms with Crippen molar-refractivity contribution in [1.82, 2.24) is 19.5 Å². The Morgan fingerprint density at radius 3 is 2.92 bits per heavy atom. The van der Waals surface area contributed by atoms with Crippen molar-refractivity contribution < 1.29 is 9.84 Å². The van der Waals surface area contributed by atoms with Crippen LogP contribution in [-0.2, 0) is 0 Å². The van der Waals surface area contributed by atoms with Gasteiger partial charge in [0.2, 0.25) is 11.8 Å². The van der Waals surface area contributed by atoms with Crippen molar-refractivity contribution in [2.75, 3.05) is 18.9 Å². The number of imidazole rings is 1. The third-order valence-electron chi connectivity index (χ3n) is 4.38. The number of hydrogen-bond acceptors (Lipinski definition) is 6. The molecule has 1 aliphatic rings. The fraction of sp³-hybridized carbons (Fsp3) is 0.588. The lowest BCUT2D eigenvalue weighted by Crippen LogP contribution is -2.09. The van der Waals surface area contributed by atoms with E-state index >= 15 is 0 Å². The summed E-state index contributed by atoms with van der Waals surface area (Å²) >= 11 is 0. The average molecular weight is 331 g/mol. The van der Waals surface area contributed by atoms with E-state index in [9.17, 15) is 5.11 Å². The monoisotopic (exact) mass is 331 g/mol. The SMILES string of the molecule is CCCCCCOc1nc(N)nc2c1ncn2[C@@H]1C=C[C@H](CO)C1. The van der Waals surface area contributed by atoms with E-state index in [1.54, 1.807) is 6.33 Å². The van der Waals surface area contributed by atoms with E-state index in [1.165, 1.54) is 12.8 Å². The quantitative estimate of drug-likeness (QED) is 0.569. The highest BCUT2D eigenvalue weighted by atomic mass is 16.5. The molecule has 0 spiro atoms. The maximum atomic E-state index is 9.30. The van der Waals surface area contributed by atoms with Gasteiger partial charge in [-0.25, -0.2) is 4.98 Å². The van der Waals surface area contributed by atoms with Crippen molar-refractivity contribution >= 4 is 17.1 Å². The number of fused-ring (bicyclic) bond motifs is 1. The van der Waals surface area contributed by atoms with Crippen LogP contribution in [0.2, 0.25) is 0 Å². The van der Waals surface area contributed by atoms with Gasteiger partial charge in [-0.05, 0) is 12.8 Å². The van der Waals surface area contributed by atoms with Crippen LogP contribution in [0.4, 0.5) is 5.95 Å². The van der Waals surface area contributed by atoms with Crippen LogP contribution in [0.3, 0.4) is 0 Å². The first-order valence-electron chi connectivity index (χ1n) is 8.65. The zero-order chi connectivity index (χ0) is 16.9. The topological polar surface area (TPSA) is 99.1 Å². The van der Waals surface area contributed by atoms with Gasteiger partial charge in [-0.1, -0.05) is 38.3 Å². The number of anilines is 1. The standard InChI is InChI=1S/C17H25N5O2/c1-2-3-4-5-8-24-16-14-15(20-17(18)21-16)22(11-19-14)13-7-6-12(9-13)10-23/h6-7,11-13,23H,2-5,8-10H2,1H3,(H2,18,20,21)/t12-,13+/m0/s1. The summed E-state index contributed by atoms with van der Waals surface area (Å²) in [4.78, 5) is 13.0. The number of hydrogen-bond donors (Lipinski definition) is 2. The molecule has 0 radical (unpaired) electrons. The first kappa shape index (κ1) is 16.7. The molecule has 0 bridgehead atoms. The Morgan fingerprint density at radius 2 is 2.17 bits per heavy atom. The van der Waals surface area contributed by atoms with E-state index in [0.29, 0.717) is 23.7 Å². The van der Waals surface area contributed by atoms with Crippen LogP contribution in [0.15, 0.2) is 18.5 Å². The minimum atomic E-state index is 0.124. The third kappa shape index (κ3) is 3.51. The number of aromatic nitrogens is 4. The summed E-state index contributed by atoms with van der Waals surface area (Å²) in [6, 6.07) is 0.124. The molecule has 0 saturated heterocycles. The molecular weight excluding hydrogens is 306 g/mol. The van der Waals surface area contributed by atoms with Crippen LogP contribution >= 0.6 is 0 Å². The number of unbranched alkanes of at least 4 members (excludes halogenated alkanes) is 3. The number of rotatable bonds is 8. The van der Waals surface area contributed by atoms with Gasteiger partial charge in [-0.3, -0.25) is 0 Å². The first-order chi connectivity index (χ1) is 11.7. The maximum Gasteiger partial charge on any atom is 0.247 e. The summed E-state index contributed by atoms with van der Waals surface area (Å²) < 4.78 is 7.78. The Bertz CT molecular complexity index is 712. The number of aliphatic hydroxyl groups is 1. The van der Waals surface area contributed by atoms with Crippen LogP contribution in [0.1, 0.15) is 45.1 Å². The molecule has 0 fully saturated rings. The number of nitrogen functional groups attached to an aromatic ring is 1. The first-order valence-corrected chi connectivity index (χ1v) is 8.65. The van der Waals surface area contributed by atoms with Crippen molar-refractivity contribution in [2.45, 2.75) is 45.1 Å². The normalized spacial score (nSPS) is 20.1. The second-order valence-electron chi connectivity index (χ2n) is 6.25. The molecule has 2 heterocycles. The minimum Gasteiger partial charge on any atom is -0.476 e. The van der Waals surface area contributed by atoms with E-state index in [1.807, 2.05) is 10.6 Å². The lowest BCUT2D eigenvalue weighted by atomic mass is 10.1. The number of ether oxygens (including phenoxy) is 1. The molecule has 0 amide bonds. The van der Waals surface area contributed by atoms with Gasteiger partial charge < -0.3 is 20.1 Å². The molecule has 7 heteroatoms. The van der Waals surface area contributed by atoms with Gasteiger partial charge >= 0.3 is 0 Å². The summed E-state index contributed by atoms with van der Waals surface area (Å²) in [5.74, 6) is 0.822. The van der Waals surface area contributed by atoms with Gasteiger partial charge in [0.25, 0.3) is 0 Å². The molecule has 0 unspecified atom stereocenters. The van der Waals surface area contributed by atoms with Gasteiger partial charge in [0.05, 0.1) is 19.0 Å². The van der Waals surface area contributed by atoms with Crippen LogP contribution in [-0.4, -0.2) is 37.8 Å².